The van der Waals surface area contributed by atoms with Gasteiger partial charge in [0.1, 0.15) is 10.7 Å². The monoisotopic (exact) mass is 543 g/mol. The molecule has 1 aromatic carbocycles. The van der Waals surface area contributed by atoms with E-state index in [4.69, 9.17) is 23.2 Å². The average Bonchev–Trinajstić information content (AvgIpc) is 3.42. The second kappa shape index (κ2) is 9.42. The first kappa shape index (κ1) is 24.6. The molecule has 3 amide bonds. The summed E-state index contributed by atoms with van der Waals surface area (Å²) in [6, 6.07) is 6.26. The number of imide groups is 1. The topological polar surface area (TPSA) is 91.6 Å². The van der Waals surface area contributed by atoms with Crippen LogP contribution in [-0.4, -0.2) is 32.5 Å². The van der Waals surface area contributed by atoms with Gasteiger partial charge < -0.3 is 15.0 Å². The van der Waals surface area contributed by atoms with Crippen molar-refractivity contribution in [2.75, 3.05) is 0 Å². The molecule has 2 N–H and O–H groups in total. The minimum atomic E-state index is -0.924. The smallest absolute Gasteiger partial charge is 0.339 e. The number of carbonyl (C=O) groups is 3. The minimum absolute atomic E-state index is 0.0136. The van der Waals surface area contributed by atoms with Gasteiger partial charge in [-0.05, 0) is 80.5 Å². The number of halogens is 2. The number of carboxylic acids is 1. The maximum Gasteiger partial charge on any atom is 0.339 e. The number of aromatic nitrogens is 1. The van der Waals surface area contributed by atoms with Crippen LogP contribution in [0.1, 0.15) is 56.2 Å². The first-order chi connectivity index (χ1) is 17.2. The number of rotatable bonds is 5. The second-order valence-electron chi connectivity index (χ2n) is 8.97. The molecule has 10 heteroatoms. The highest BCUT2D eigenvalue weighted by Gasteiger charge is 2.34. The lowest BCUT2D eigenvalue weighted by Crippen LogP contribution is -2.30. The van der Waals surface area contributed by atoms with Crippen molar-refractivity contribution in [1.82, 2.24) is 14.8 Å². The number of thiophene rings is 1. The Kier molecular flexibility index (Phi) is 6.44. The Morgan fingerprint density at radius 2 is 1.92 bits per heavy atom. The van der Waals surface area contributed by atoms with Crippen molar-refractivity contribution < 1.29 is 19.5 Å². The predicted molar refractivity (Wildman–Crippen MR) is 140 cm³/mol. The van der Waals surface area contributed by atoms with E-state index in [1.807, 2.05) is 24.5 Å². The standard InChI is InChI=1S/C26H23Cl2N3O4S/c1-13-9-16(14(2)31(13)24-22(25(33)34)18-5-3-4-6-21(18)36-24)10-20-23(32)30(26(35)29-20)12-15-7-8-17(27)11-19(15)28/h7-11H,3-6,12H2,1-2H3,(H,29,35)(H,33,34)/b20-10-. The molecule has 5 rings (SSSR count). The molecular formula is C26H23Cl2N3O4S. The molecule has 2 aromatic heterocycles. The molecule has 1 saturated heterocycles. The van der Waals surface area contributed by atoms with Crippen LogP contribution in [-0.2, 0) is 24.2 Å². The van der Waals surface area contributed by atoms with Gasteiger partial charge in [0.2, 0.25) is 0 Å². The van der Waals surface area contributed by atoms with Crippen molar-refractivity contribution in [3.05, 3.63) is 78.5 Å². The normalized spacial score (nSPS) is 16.6. The molecule has 0 spiro atoms. The Morgan fingerprint density at radius 3 is 2.64 bits per heavy atom. The number of carbonyl (C=O) groups excluding carboxylic acids is 2. The van der Waals surface area contributed by atoms with Gasteiger partial charge in [-0.1, -0.05) is 29.3 Å². The summed E-state index contributed by atoms with van der Waals surface area (Å²) in [6.07, 6.45) is 5.36. The number of amides is 3. The van der Waals surface area contributed by atoms with Crippen molar-refractivity contribution in [2.45, 2.75) is 46.1 Å². The van der Waals surface area contributed by atoms with Crippen LogP contribution in [0.15, 0.2) is 30.0 Å². The Hall–Kier alpha value is -3.07. The van der Waals surface area contributed by atoms with E-state index in [-0.39, 0.29) is 12.2 Å². The van der Waals surface area contributed by atoms with E-state index in [9.17, 15) is 19.5 Å². The molecule has 0 saturated carbocycles. The molecule has 3 heterocycles. The van der Waals surface area contributed by atoms with Gasteiger partial charge >= 0.3 is 12.0 Å². The number of aryl methyl sites for hydroxylation is 2. The number of nitrogens with one attached hydrogen (secondary N) is 1. The SMILES string of the molecule is Cc1cc(/C=C2\NC(=O)N(Cc3ccc(Cl)cc3Cl)C2=O)c(C)n1-c1sc2c(c1C(=O)O)CCCC2. The van der Waals surface area contributed by atoms with Crippen LogP contribution in [0.3, 0.4) is 0 Å². The van der Waals surface area contributed by atoms with Crippen LogP contribution < -0.4 is 5.32 Å². The lowest BCUT2D eigenvalue weighted by molar-refractivity contribution is -0.123. The van der Waals surface area contributed by atoms with Gasteiger partial charge in [0.25, 0.3) is 5.91 Å². The van der Waals surface area contributed by atoms with E-state index in [0.717, 1.165) is 58.0 Å². The molecule has 36 heavy (non-hydrogen) atoms. The lowest BCUT2D eigenvalue weighted by atomic mass is 9.95. The van der Waals surface area contributed by atoms with E-state index in [1.54, 1.807) is 24.3 Å². The summed E-state index contributed by atoms with van der Waals surface area (Å²) >= 11 is 13.7. The number of carboxylic acid groups (broad SMARTS) is 1. The number of fused-ring (bicyclic) bond motifs is 1. The van der Waals surface area contributed by atoms with Gasteiger partial charge in [-0.3, -0.25) is 9.69 Å². The van der Waals surface area contributed by atoms with Crippen molar-refractivity contribution in [3.63, 3.8) is 0 Å². The van der Waals surface area contributed by atoms with Gasteiger partial charge in [0.15, 0.2) is 0 Å². The fourth-order valence-electron chi connectivity index (χ4n) is 4.87. The minimum Gasteiger partial charge on any atom is -0.478 e. The Labute approximate surface area is 221 Å². The van der Waals surface area contributed by atoms with Gasteiger partial charge in [0, 0.05) is 26.3 Å². The zero-order valence-electron chi connectivity index (χ0n) is 19.7. The number of urea groups is 1. The van der Waals surface area contributed by atoms with Crippen LogP contribution in [0.4, 0.5) is 4.79 Å². The fraction of sp³-hybridized carbons (Fsp3) is 0.269. The molecule has 1 aliphatic heterocycles. The second-order valence-corrected chi connectivity index (χ2v) is 10.9. The predicted octanol–water partition coefficient (Wildman–Crippen LogP) is 6.13. The van der Waals surface area contributed by atoms with E-state index >= 15 is 0 Å². The molecule has 0 bridgehead atoms. The number of aromatic carboxylic acids is 1. The summed E-state index contributed by atoms with van der Waals surface area (Å²) in [6.45, 7) is 3.80. The maximum absolute atomic E-state index is 13.1. The van der Waals surface area contributed by atoms with E-state index in [2.05, 4.69) is 5.32 Å². The van der Waals surface area contributed by atoms with Crippen molar-refractivity contribution >= 4 is 58.5 Å². The van der Waals surface area contributed by atoms with Crippen LogP contribution in [0.5, 0.6) is 0 Å². The maximum atomic E-state index is 13.1. The zero-order valence-corrected chi connectivity index (χ0v) is 22.0. The van der Waals surface area contributed by atoms with Gasteiger partial charge in [0.05, 0.1) is 12.1 Å². The molecule has 1 aliphatic carbocycles. The summed E-state index contributed by atoms with van der Waals surface area (Å²) in [5, 5.41) is 14.2. The molecule has 2 aliphatic rings. The van der Waals surface area contributed by atoms with Crippen LogP contribution in [0.2, 0.25) is 10.0 Å². The molecule has 0 radical (unpaired) electrons. The van der Waals surface area contributed by atoms with Crippen molar-refractivity contribution in [2.24, 2.45) is 0 Å². The lowest BCUT2D eigenvalue weighted by Gasteiger charge is -2.13. The number of hydrogen-bond acceptors (Lipinski definition) is 4. The van der Waals surface area contributed by atoms with Gasteiger partial charge in [-0.15, -0.1) is 11.3 Å². The molecule has 186 valence electrons. The first-order valence-corrected chi connectivity index (χ1v) is 13.1. The molecule has 7 nitrogen and oxygen atoms in total. The van der Waals surface area contributed by atoms with E-state index in [1.165, 1.54) is 11.3 Å². The molecule has 1 fully saturated rings. The third kappa shape index (κ3) is 4.23. The summed E-state index contributed by atoms with van der Waals surface area (Å²) in [4.78, 5) is 40.1. The van der Waals surface area contributed by atoms with Crippen LogP contribution in [0.25, 0.3) is 11.1 Å². The average molecular weight is 544 g/mol. The summed E-state index contributed by atoms with van der Waals surface area (Å²) in [5.74, 6) is -1.39. The number of nitrogens with zero attached hydrogens (tertiary/aromatic N) is 2. The van der Waals surface area contributed by atoms with Gasteiger partial charge in [-0.2, -0.15) is 0 Å². The summed E-state index contributed by atoms with van der Waals surface area (Å²) in [5.41, 5.74) is 4.43. The van der Waals surface area contributed by atoms with E-state index in [0.29, 0.717) is 26.2 Å². The zero-order chi connectivity index (χ0) is 25.7. The number of benzene rings is 1. The molecular weight excluding hydrogens is 521 g/mol. The summed E-state index contributed by atoms with van der Waals surface area (Å²) < 4.78 is 1.94. The largest absolute Gasteiger partial charge is 0.478 e. The first-order valence-electron chi connectivity index (χ1n) is 11.5. The van der Waals surface area contributed by atoms with E-state index < -0.39 is 17.9 Å². The highest BCUT2D eigenvalue weighted by molar-refractivity contribution is 7.15. The van der Waals surface area contributed by atoms with Crippen LogP contribution in [0, 0.1) is 13.8 Å². The Morgan fingerprint density at radius 1 is 1.17 bits per heavy atom. The molecule has 0 unspecified atom stereocenters. The van der Waals surface area contributed by atoms with Gasteiger partial charge in [-0.25, -0.2) is 9.59 Å². The highest BCUT2D eigenvalue weighted by Crippen LogP contribution is 2.39. The highest BCUT2D eigenvalue weighted by atomic mass is 35.5. The fourth-order valence-corrected chi connectivity index (χ4v) is 6.83. The third-order valence-electron chi connectivity index (χ3n) is 6.65. The Balaban J connectivity index is 1.49. The van der Waals surface area contributed by atoms with Crippen molar-refractivity contribution in [1.29, 1.82) is 0 Å². The summed E-state index contributed by atoms with van der Waals surface area (Å²) in [7, 11) is 0. The third-order valence-corrected chi connectivity index (χ3v) is 8.51. The quantitative estimate of drug-likeness (QED) is 0.299. The van der Waals surface area contributed by atoms with Crippen molar-refractivity contribution in [3.8, 4) is 5.00 Å². The number of hydrogen-bond donors (Lipinski definition) is 2. The molecule has 3 aromatic rings. The van der Waals surface area contributed by atoms with Crippen LogP contribution >= 0.6 is 34.5 Å². The molecule has 0 atom stereocenters. The Bertz CT molecular complexity index is 1470.